The van der Waals surface area contributed by atoms with Gasteiger partial charge in [0.25, 0.3) is 0 Å². The number of carbonyl (C=O) groups is 2. The number of aliphatic hydroxyl groups excluding tert-OH is 3. The third-order valence-electron chi connectivity index (χ3n) is 8.63. The standard InChI is InChI=1S/C36H49N3O6S/c1-9-19-39(7)24(4)23(3)37-35(44)36(5,6)38-29(40)12-10-11-25-14-16-26(17-15-25)20-28-21-27(18-13-22(28)2)33-31(42)30(41)32(43)34(45-33)46-8/h1,10-11,13-18,21,23-24,30-34,41-43H,12,19-20H2,2-8H3,(H,37,44)(H,38,40)/b11-10+/t23?,24?,30-,31-,32+,33+,34-/m1/s1. The van der Waals surface area contributed by atoms with Gasteiger partial charge in [0.2, 0.25) is 11.8 Å². The van der Waals surface area contributed by atoms with Gasteiger partial charge in [-0.2, -0.15) is 0 Å². The minimum Gasteiger partial charge on any atom is -0.387 e. The third kappa shape index (κ3) is 9.67. The monoisotopic (exact) mass is 651 g/mol. The molecule has 0 radical (unpaired) electrons. The van der Waals surface area contributed by atoms with Crippen molar-refractivity contribution < 1.29 is 29.6 Å². The number of nitrogens with one attached hydrogen (secondary N) is 2. The Hall–Kier alpha value is -3.17. The number of benzene rings is 2. The zero-order chi connectivity index (χ0) is 34.2. The van der Waals surface area contributed by atoms with Crippen LogP contribution in [0.4, 0.5) is 0 Å². The van der Waals surface area contributed by atoms with Crippen molar-refractivity contribution in [2.45, 2.75) is 94.9 Å². The van der Waals surface area contributed by atoms with Crippen LogP contribution in [0.25, 0.3) is 6.08 Å². The molecule has 0 bridgehead atoms. The van der Waals surface area contributed by atoms with Gasteiger partial charge in [-0.25, -0.2) is 0 Å². The van der Waals surface area contributed by atoms with Gasteiger partial charge in [-0.15, -0.1) is 18.2 Å². The molecule has 2 unspecified atom stereocenters. The van der Waals surface area contributed by atoms with Crippen molar-refractivity contribution in [3.05, 3.63) is 76.4 Å². The molecule has 1 saturated heterocycles. The minimum atomic E-state index is -1.30. The number of aliphatic hydroxyl groups is 3. The predicted octanol–water partition coefficient (Wildman–Crippen LogP) is 3.19. The lowest BCUT2D eigenvalue weighted by atomic mass is 9.91. The number of ether oxygens (including phenoxy) is 1. The molecule has 9 nitrogen and oxygen atoms in total. The molecule has 1 aliphatic rings. The van der Waals surface area contributed by atoms with E-state index in [-0.39, 0.29) is 30.3 Å². The van der Waals surface area contributed by atoms with Gasteiger partial charge in [-0.05, 0) is 82.2 Å². The van der Waals surface area contributed by atoms with Crippen LogP contribution in [0.15, 0.2) is 48.5 Å². The van der Waals surface area contributed by atoms with Crippen LogP contribution in [0.5, 0.6) is 0 Å². The highest BCUT2D eigenvalue weighted by Gasteiger charge is 2.44. The Morgan fingerprint density at radius 1 is 1.11 bits per heavy atom. The molecular weight excluding hydrogens is 602 g/mol. The number of terminal acetylenes is 1. The molecule has 2 amide bonds. The fraction of sp³-hybridized carbons (Fsp3) is 0.500. The Kier molecular flexibility index (Phi) is 13.5. The molecule has 0 aromatic heterocycles. The first-order chi connectivity index (χ1) is 21.7. The zero-order valence-corrected chi connectivity index (χ0v) is 28.7. The van der Waals surface area contributed by atoms with Crippen LogP contribution in [0.2, 0.25) is 0 Å². The number of likely N-dealkylation sites (N-methyl/N-ethyl adjacent to an activating group) is 1. The Morgan fingerprint density at radius 3 is 2.41 bits per heavy atom. The molecule has 3 rings (SSSR count). The number of aryl methyl sites for hydroxylation is 1. The molecule has 1 aliphatic heterocycles. The van der Waals surface area contributed by atoms with Gasteiger partial charge >= 0.3 is 0 Å². The zero-order valence-electron chi connectivity index (χ0n) is 27.9. The number of amides is 2. The molecule has 2 aromatic carbocycles. The normalized spacial score (nSPS) is 23.1. The summed E-state index contributed by atoms with van der Waals surface area (Å²) < 4.78 is 5.95. The molecule has 0 spiro atoms. The van der Waals surface area contributed by atoms with Gasteiger partial charge in [0, 0.05) is 18.5 Å². The lowest BCUT2D eigenvalue weighted by Gasteiger charge is -2.40. The van der Waals surface area contributed by atoms with Crippen LogP contribution < -0.4 is 10.6 Å². The Balaban J connectivity index is 1.56. The molecule has 46 heavy (non-hydrogen) atoms. The second-order valence-electron chi connectivity index (χ2n) is 12.6. The van der Waals surface area contributed by atoms with E-state index in [9.17, 15) is 24.9 Å². The first-order valence-electron chi connectivity index (χ1n) is 15.5. The van der Waals surface area contributed by atoms with E-state index in [0.717, 1.165) is 27.8 Å². The van der Waals surface area contributed by atoms with Gasteiger partial charge < -0.3 is 30.7 Å². The summed E-state index contributed by atoms with van der Waals surface area (Å²) in [4.78, 5) is 27.5. The van der Waals surface area contributed by atoms with Gasteiger partial charge in [-0.1, -0.05) is 60.5 Å². The SMILES string of the molecule is C#CCN(C)C(C)C(C)NC(=O)C(C)(C)NC(=O)C/C=C/c1ccc(Cc2cc([C@@H]3O[C@H](SC)[C@@H](O)[C@H](O)[C@H]3O)ccc2C)cc1. The van der Waals surface area contributed by atoms with E-state index >= 15 is 0 Å². The second-order valence-corrected chi connectivity index (χ2v) is 13.6. The van der Waals surface area contributed by atoms with E-state index in [4.69, 9.17) is 11.2 Å². The Labute approximate surface area is 277 Å². The Bertz CT molecular complexity index is 1400. The first-order valence-corrected chi connectivity index (χ1v) is 16.8. The highest BCUT2D eigenvalue weighted by atomic mass is 32.2. The molecule has 10 heteroatoms. The largest absolute Gasteiger partial charge is 0.387 e. The van der Waals surface area contributed by atoms with Crippen LogP contribution in [0.3, 0.4) is 0 Å². The maximum absolute atomic E-state index is 12.9. The summed E-state index contributed by atoms with van der Waals surface area (Å²) in [5, 5.41) is 37.0. The summed E-state index contributed by atoms with van der Waals surface area (Å²) in [5.41, 5.74) is 3.19. The lowest BCUT2D eigenvalue weighted by molar-refractivity contribution is -0.200. The average molecular weight is 652 g/mol. The summed E-state index contributed by atoms with van der Waals surface area (Å²) >= 11 is 1.29. The number of thioether (sulfide) groups is 1. The van der Waals surface area contributed by atoms with Crippen molar-refractivity contribution in [1.82, 2.24) is 15.5 Å². The van der Waals surface area contributed by atoms with E-state index in [2.05, 4.69) is 16.6 Å². The minimum absolute atomic E-state index is 0.0268. The predicted molar refractivity (Wildman–Crippen MR) is 184 cm³/mol. The number of hydrogen-bond donors (Lipinski definition) is 5. The third-order valence-corrected chi connectivity index (χ3v) is 9.48. The fourth-order valence-electron chi connectivity index (χ4n) is 5.28. The molecule has 5 N–H and O–H groups in total. The molecule has 1 heterocycles. The fourth-order valence-corrected chi connectivity index (χ4v) is 5.95. The molecule has 250 valence electrons. The number of hydrogen-bond acceptors (Lipinski definition) is 8. The van der Waals surface area contributed by atoms with Crippen LogP contribution in [0.1, 0.15) is 68.0 Å². The van der Waals surface area contributed by atoms with Crippen LogP contribution in [0, 0.1) is 19.3 Å². The van der Waals surface area contributed by atoms with Crippen LogP contribution >= 0.6 is 11.8 Å². The highest BCUT2D eigenvalue weighted by molar-refractivity contribution is 7.99. The summed E-state index contributed by atoms with van der Waals surface area (Å²) in [6, 6.07) is 13.7. The molecule has 1 fully saturated rings. The van der Waals surface area contributed by atoms with Crippen LogP contribution in [-0.4, -0.2) is 93.3 Å². The van der Waals surface area contributed by atoms with Crippen molar-refractivity contribution in [2.75, 3.05) is 19.8 Å². The molecular formula is C36H49N3O6S. The molecule has 0 saturated carbocycles. The summed E-state index contributed by atoms with van der Waals surface area (Å²) in [6.45, 7) is 9.77. The van der Waals surface area contributed by atoms with Crippen molar-refractivity contribution in [2.24, 2.45) is 0 Å². The summed E-state index contributed by atoms with van der Waals surface area (Å²) in [5.74, 6) is 2.08. The second kappa shape index (κ2) is 16.6. The van der Waals surface area contributed by atoms with Crippen molar-refractivity contribution in [3.63, 3.8) is 0 Å². The average Bonchev–Trinajstić information content (AvgIpc) is 3.01. The molecule has 2 aromatic rings. The van der Waals surface area contributed by atoms with E-state index in [1.807, 2.05) is 81.3 Å². The smallest absolute Gasteiger partial charge is 0.245 e. The molecule has 0 aliphatic carbocycles. The number of nitrogens with zero attached hydrogens (tertiary/aromatic N) is 1. The first kappa shape index (κ1) is 37.3. The quantitative estimate of drug-likeness (QED) is 0.209. The van der Waals surface area contributed by atoms with Gasteiger partial charge in [0.15, 0.2) is 0 Å². The van der Waals surface area contributed by atoms with Crippen molar-refractivity contribution >= 4 is 29.7 Å². The highest BCUT2D eigenvalue weighted by Crippen LogP contribution is 2.36. The number of carbonyl (C=O) groups excluding carboxylic acids is 2. The molecule has 7 atom stereocenters. The lowest BCUT2D eigenvalue weighted by Crippen LogP contribution is -2.58. The topological polar surface area (TPSA) is 131 Å². The van der Waals surface area contributed by atoms with E-state index in [0.29, 0.717) is 13.0 Å². The Morgan fingerprint density at radius 2 is 1.78 bits per heavy atom. The van der Waals surface area contributed by atoms with E-state index in [1.165, 1.54) is 11.8 Å². The van der Waals surface area contributed by atoms with E-state index in [1.54, 1.807) is 26.2 Å². The van der Waals surface area contributed by atoms with E-state index < -0.39 is 35.4 Å². The summed E-state index contributed by atoms with van der Waals surface area (Å²) in [6.07, 6.45) is 7.15. The van der Waals surface area contributed by atoms with Crippen LogP contribution in [-0.2, 0) is 20.7 Å². The maximum atomic E-state index is 12.9. The van der Waals surface area contributed by atoms with Gasteiger partial charge in [0.1, 0.15) is 35.4 Å². The number of rotatable bonds is 13. The van der Waals surface area contributed by atoms with Crippen molar-refractivity contribution in [1.29, 1.82) is 0 Å². The van der Waals surface area contributed by atoms with Gasteiger partial charge in [-0.3, -0.25) is 14.5 Å². The summed E-state index contributed by atoms with van der Waals surface area (Å²) in [7, 11) is 1.90. The van der Waals surface area contributed by atoms with Crippen molar-refractivity contribution in [3.8, 4) is 12.3 Å². The maximum Gasteiger partial charge on any atom is 0.245 e. The van der Waals surface area contributed by atoms with Gasteiger partial charge in [0.05, 0.1) is 6.54 Å².